The van der Waals surface area contributed by atoms with Gasteiger partial charge in [-0.1, -0.05) is 28.1 Å². The molecule has 3 rings (SSSR count). The van der Waals surface area contributed by atoms with Crippen LogP contribution in [0.5, 0.6) is 0 Å². The molecule has 0 amide bonds. The van der Waals surface area contributed by atoms with Crippen LogP contribution < -0.4 is 10.2 Å². The standard InChI is InChI=1S/C18H21BrN2/c1-13-10-16(6-7-17(13)19)20-12-14-5-8-18-15(11-14)4-3-9-21(18)2/h5-8,10-11,20H,3-4,9,12H2,1-2H3. The molecule has 0 aromatic heterocycles. The number of hydrogen-bond acceptors (Lipinski definition) is 2. The van der Waals surface area contributed by atoms with Gasteiger partial charge in [-0.15, -0.1) is 0 Å². The van der Waals surface area contributed by atoms with Gasteiger partial charge in [0.15, 0.2) is 0 Å². The van der Waals surface area contributed by atoms with Crippen molar-refractivity contribution in [2.75, 3.05) is 23.8 Å². The molecule has 0 radical (unpaired) electrons. The molecular weight excluding hydrogens is 324 g/mol. The van der Waals surface area contributed by atoms with Crippen LogP contribution in [-0.2, 0) is 13.0 Å². The molecule has 0 atom stereocenters. The third-order valence-corrected chi connectivity index (χ3v) is 5.04. The number of fused-ring (bicyclic) bond motifs is 1. The predicted molar refractivity (Wildman–Crippen MR) is 94.2 cm³/mol. The second kappa shape index (κ2) is 6.10. The molecule has 2 aromatic rings. The van der Waals surface area contributed by atoms with Gasteiger partial charge in [-0.3, -0.25) is 0 Å². The first-order valence-corrected chi connectivity index (χ1v) is 8.26. The van der Waals surface area contributed by atoms with Crippen LogP contribution in [0.15, 0.2) is 40.9 Å². The third-order valence-electron chi connectivity index (χ3n) is 4.15. The zero-order valence-electron chi connectivity index (χ0n) is 12.6. The first-order valence-electron chi connectivity index (χ1n) is 7.46. The predicted octanol–water partition coefficient (Wildman–Crippen LogP) is 4.75. The number of aryl methyl sites for hydroxylation is 2. The number of rotatable bonds is 3. The summed E-state index contributed by atoms with van der Waals surface area (Å²) in [6.07, 6.45) is 2.46. The number of benzene rings is 2. The van der Waals surface area contributed by atoms with E-state index in [0.717, 1.165) is 11.0 Å². The Balaban J connectivity index is 1.72. The zero-order chi connectivity index (χ0) is 14.8. The quantitative estimate of drug-likeness (QED) is 0.863. The van der Waals surface area contributed by atoms with Crippen molar-refractivity contribution in [3.05, 3.63) is 57.6 Å². The fourth-order valence-electron chi connectivity index (χ4n) is 2.91. The van der Waals surface area contributed by atoms with Crippen LogP contribution in [0.3, 0.4) is 0 Å². The molecule has 0 saturated heterocycles. The molecule has 0 unspecified atom stereocenters. The average molecular weight is 345 g/mol. The molecule has 110 valence electrons. The molecule has 21 heavy (non-hydrogen) atoms. The lowest BCUT2D eigenvalue weighted by molar-refractivity contribution is 0.743. The molecule has 0 spiro atoms. The van der Waals surface area contributed by atoms with E-state index in [2.05, 4.69) is 76.5 Å². The Morgan fingerprint density at radius 3 is 2.86 bits per heavy atom. The molecule has 0 saturated carbocycles. The Kier molecular flexibility index (Phi) is 4.20. The van der Waals surface area contributed by atoms with Gasteiger partial charge in [-0.2, -0.15) is 0 Å². The SMILES string of the molecule is Cc1cc(NCc2ccc3c(c2)CCCN3C)ccc1Br. The molecule has 1 aliphatic rings. The van der Waals surface area contributed by atoms with Gasteiger partial charge in [-0.05, 0) is 60.7 Å². The molecule has 1 aliphatic heterocycles. The summed E-state index contributed by atoms with van der Waals surface area (Å²) >= 11 is 3.54. The van der Waals surface area contributed by atoms with Crippen LogP contribution in [0.25, 0.3) is 0 Å². The topological polar surface area (TPSA) is 15.3 Å². The number of anilines is 2. The van der Waals surface area contributed by atoms with Crippen LogP contribution in [0, 0.1) is 6.92 Å². The molecule has 1 heterocycles. The Labute approximate surface area is 135 Å². The third kappa shape index (κ3) is 3.24. The number of halogens is 1. The average Bonchev–Trinajstić information content (AvgIpc) is 2.49. The van der Waals surface area contributed by atoms with Crippen LogP contribution in [0.1, 0.15) is 23.1 Å². The summed E-state index contributed by atoms with van der Waals surface area (Å²) in [6.45, 7) is 4.16. The van der Waals surface area contributed by atoms with Gasteiger partial charge in [0.2, 0.25) is 0 Å². The van der Waals surface area contributed by atoms with E-state index in [1.165, 1.54) is 47.5 Å². The highest BCUT2D eigenvalue weighted by Gasteiger charge is 2.13. The Hall–Kier alpha value is -1.48. The summed E-state index contributed by atoms with van der Waals surface area (Å²) in [6, 6.07) is 13.2. The molecular formula is C18H21BrN2. The van der Waals surface area contributed by atoms with E-state index in [1.54, 1.807) is 0 Å². The summed E-state index contributed by atoms with van der Waals surface area (Å²) in [5, 5.41) is 3.51. The van der Waals surface area contributed by atoms with Crippen LogP contribution >= 0.6 is 15.9 Å². The lowest BCUT2D eigenvalue weighted by Crippen LogP contribution is -2.24. The lowest BCUT2D eigenvalue weighted by Gasteiger charge is -2.27. The molecule has 0 fully saturated rings. The maximum Gasteiger partial charge on any atom is 0.0400 e. The van der Waals surface area contributed by atoms with Crippen molar-refractivity contribution in [1.82, 2.24) is 0 Å². The normalized spacial score (nSPS) is 14.0. The van der Waals surface area contributed by atoms with Crippen molar-refractivity contribution in [3.8, 4) is 0 Å². The lowest BCUT2D eigenvalue weighted by atomic mass is 9.99. The molecule has 0 bridgehead atoms. The summed E-state index contributed by atoms with van der Waals surface area (Å²) in [5.74, 6) is 0. The van der Waals surface area contributed by atoms with Gasteiger partial charge in [0.05, 0.1) is 0 Å². The highest BCUT2D eigenvalue weighted by Crippen LogP contribution is 2.27. The van der Waals surface area contributed by atoms with Crippen molar-refractivity contribution >= 4 is 27.3 Å². The smallest absolute Gasteiger partial charge is 0.0400 e. The van der Waals surface area contributed by atoms with E-state index in [4.69, 9.17) is 0 Å². The second-order valence-corrected chi connectivity index (χ2v) is 6.66. The number of hydrogen-bond donors (Lipinski definition) is 1. The van der Waals surface area contributed by atoms with Crippen LogP contribution in [0.2, 0.25) is 0 Å². The van der Waals surface area contributed by atoms with Gasteiger partial charge in [0, 0.05) is 36.0 Å². The van der Waals surface area contributed by atoms with Gasteiger partial charge in [0.1, 0.15) is 0 Å². The van der Waals surface area contributed by atoms with Gasteiger partial charge >= 0.3 is 0 Å². The first kappa shape index (κ1) is 14.5. The van der Waals surface area contributed by atoms with E-state index < -0.39 is 0 Å². The Bertz CT molecular complexity index is 652. The van der Waals surface area contributed by atoms with Crippen molar-refractivity contribution < 1.29 is 0 Å². The van der Waals surface area contributed by atoms with E-state index in [-0.39, 0.29) is 0 Å². The van der Waals surface area contributed by atoms with E-state index in [9.17, 15) is 0 Å². The van der Waals surface area contributed by atoms with Crippen molar-refractivity contribution in [2.24, 2.45) is 0 Å². The Morgan fingerprint density at radius 1 is 1.19 bits per heavy atom. The first-order chi connectivity index (χ1) is 10.1. The summed E-state index contributed by atoms with van der Waals surface area (Å²) in [4.78, 5) is 2.36. The molecule has 3 heteroatoms. The maximum absolute atomic E-state index is 3.54. The minimum Gasteiger partial charge on any atom is -0.381 e. The van der Waals surface area contributed by atoms with Crippen molar-refractivity contribution in [3.63, 3.8) is 0 Å². The second-order valence-electron chi connectivity index (χ2n) is 5.81. The summed E-state index contributed by atoms with van der Waals surface area (Å²) in [5.41, 5.74) is 6.65. The zero-order valence-corrected chi connectivity index (χ0v) is 14.2. The van der Waals surface area contributed by atoms with Crippen molar-refractivity contribution in [2.45, 2.75) is 26.3 Å². The minimum atomic E-state index is 0.873. The van der Waals surface area contributed by atoms with Gasteiger partial charge in [-0.25, -0.2) is 0 Å². The number of nitrogens with zero attached hydrogens (tertiary/aromatic N) is 1. The molecule has 2 aromatic carbocycles. The van der Waals surface area contributed by atoms with Crippen molar-refractivity contribution in [1.29, 1.82) is 0 Å². The highest BCUT2D eigenvalue weighted by atomic mass is 79.9. The monoisotopic (exact) mass is 344 g/mol. The largest absolute Gasteiger partial charge is 0.381 e. The Morgan fingerprint density at radius 2 is 2.05 bits per heavy atom. The van der Waals surface area contributed by atoms with Crippen LogP contribution in [-0.4, -0.2) is 13.6 Å². The maximum atomic E-state index is 3.54. The van der Waals surface area contributed by atoms with Gasteiger partial charge < -0.3 is 10.2 Å². The van der Waals surface area contributed by atoms with E-state index in [0.29, 0.717) is 0 Å². The fraction of sp³-hybridized carbons (Fsp3) is 0.333. The van der Waals surface area contributed by atoms with E-state index >= 15 is 0 Å². The highest BCUT2D eigenvalue weighted by molar-refractivity contribution is 9.10. The molecule has 2 nitrogen and oxygen atoms in total. The van der Waals surface area contributed by atoms with E-state index in [1.807, 2.05) is 0 Å². The van der Waals surface area contributed by atoms with Gasteiger partial charge in [0.25, 0.3) is 0 Å². The minimum absolute atomic E-state index is 0.873. The summed E-state index contributed by atoms with van der Waals surface area (Å²) in [7, 11) is 2.18. The molecule has 0 aliphatic carbocycles. The number of nitrogens with one attached hydrogen (secondary N) is 1. The summed E-state index contributed by atoms with van der Waals surface area (Å²) < 4.78 is 1.16. The van der Waals surface area contributed by atoms with Crippen LogP contribution in [0.4, 0.5) is 11.4 Å². The molecule has 1 N–H and O–H groups in total. The fourth-order valence-corrected chi connectivity index (χ4v) is 3.15.